The van der Waals surface area contributed by atoms with Gasteiger partial charge in [-0.3, -0.25) is 14.3 Å². The van der Waals surface area contributed by atoms with Gasteiger partial charge in [-0.1, -0.05) is 57.3 Å². The van der Waals surface area contributed by atoms with Crippen LogP contribution >= 0.6 is 11.9 Å². The minimum Gasteiger partial charge on any atom is -0.481 e. The second-order valence-corrected chi connectivity index (χ2v) is 14.7. The normalized spacial score (nSPS) is 41.1. The molecule has 1 aromatic rings. The van der Waals surface area contributed by atoms with Gasteiger partial charge in [0.1, 0.15) is 0 Å². The Labute approximate surface area is 232 Å². The molecule has 38 heavy (non-hydrogen) atoms. The topological polar surface area (TPSA) is 66.4 Å². The van der Waals surface area contributed by atoms with Crippen LogP contribution in [0.5, 0.6) is 0 Å². The summed E-state index contributed by atoms with van der Waals surface area (Å²) in [6.45, 7) is 7.52. The third-order valence-electron chi connectivity index (χ3n) is 12.5. The molecule has 6 rings (SSSR count). The smallest absolute Gasteiger partial charge is 0.309 e. The molecule has 8 atom stereocenters. The van der Waals surface area contributed by atoms with E-state index in [0.717, 1.165) is 56.3 Å². The van der Waals surface area contributed by atoms with Crippen molar-refractivity contribution in [1.82, 2.24) is 4.72 Å². The first kappa shape index (κ1) is 26.5. The highest BCUT2D eigenvalue weighted by molar-refractivity contribution is 7.97. The number of carboxylic acid groups (broad SMARTS) is 1. The second-order valence-electron chi connectivity index (χ2n) is 14.1. The maximum Gasteiger partial charge on any atom is 0.309 e. The monoisotopic (exact) mass is 535 g/mol. The standard InChI is InChI=1S/C33H45NO3S/c1-31(2)25(20-7-9-21(10-8-20)29(35)34-38-4)16-18-32(3)26-13-11-24-22(23(26)12-14-28(31)32)15-19-33(30(36)37)17-5-6-27(24)33/h7-10,16,22-24,26-28H,5-6,11-15,17-19H2,1-4H3,(H,34,35)(H,36,37)/t22?,23?,24?,26?,27?,28?,32-,33+/m1/s1. The zero-order valence-electron chi connectivity index (χ0n) is 23.6. The van der Waals surface area contributed by atoms with Crippen molar-refractivity contribution in [2.24, 2.45) is 51.8 Å². The van der Waals surface area contributed by atoms with Crippen molar-refractivity contribution in [3.63, 3.8) is 0 Å². The van der Waals surface area contributed by atoms with Gasteiger partial charge in [0.15, 0.2) is 0 Å². The number of carbonyl (C=O) groups excluding carboxylic acids is 1. The molecule has 0 spiro atoms. The third-order valence-corrected chi connectivity index (χ3v) is 12.9. The summed E-state index contributed by atoms with van der Waals surface area (Å²) in [5.74, 6) is 3.40. The van der Waals surface area contributed by atoms with Crippen molar-refractivity contribution >= 4 is 29.4 Å². The molecule has 0 radical (unpaired) electrons. The first-order valence-electron chi connectivity index (χ1n) is 15.0. The minimum atomic E-state index is -0.499. The molecule has 5 heteroatoms. The molecule has 0 aliphatic heterocycles. The van der Waals surface area contributed by atoms with Crippen LogP contribution in [0.1, 0.15) is 101 Å². The lowest BCUT2D eigenvalue weighted by molar-refractivity contribution is -0.166. The number of nitrogens with one attached hydrogen (secondary N) is 1. The zero-order valence-corrected chi connectivity index (χ0v) is 24.4. The van der Waals surface area contributed by atoms with E-state index in [9.17, 15) is 14.7 Å². The maximum absolute atomic E-state index is 12.4. The van der Waals surface area contributed by atoms with Crippen molar-refractivity contribution in [1.29, 1.82) is 0 Å². The first-order valence-corrected chi connectivity index (χ1v) is 16.2. The van der Waals surface area contributed by atoms with E-state index in [1.165, 1.54) is 48.8 Å². The van der Waals surface area contributed by atoms with Gasteiger partial charge in [0.2, 0.25) is 0 Å². The average molecular weight is 536 g/mol. The van der Waals surface area contributed by atoms with Crippen LogP contribution in [-0.2, 0) is 4.79 Å². The van der Waals surface area contributed by atoms with Crippen molar-refractivity contribution in [2.45, 2.75) is 85.0 Å². The molecule has 1 aromatic carbocycles. The number of allylic oxidation sites excluding steroid dienone is 2. The second kappa shape index (κ2) is 9.42. The molecule has 5 aliphatic rings. The minimum absolute atomic E-state index is 0.0386. The first-order chi connectivity index (χ1) is 18.1. The van der Waals surface area contributed by atoms with Crippen LogP contribution in [0.4, 0.5) is 0 Å². The molecule has 6 unspecified atom stereocenters. The van der Waals surface area contributed by atoms with Crippen LogP contribution < -0.4 is 4.72 Å². The van der Waals surface area contributed by atoms with Gasteiger partial charge in [0.05, 0.1) is 5.41 Å². The molecule has 2 N–H and O–H groups in total. The van der Waals surface area contributed by atoms with Gasteiger partial charge < -0.3 is 5.11 Å². The molecule has 0 bridgehead atoms. The van der Waals surface area contributed by atoms with Crippen molar-refractivity contribution in [3.05, 3.63) is 41.5 Å². The summed E-state index contributed by atoms with van der Waals surface area (Å²) in [6, 6.07) is 8.21. The Morgan fingerprint density at radius 2 is 1.61 bits per heavy atom. The summed E-state index contributed by atoms with van der Waals surface area (Å²) in [7, 11) is 0. The summed E-state index contributed by atoms with van der Waals surface area (Å²) < 4.78 is 2.82. The number of rotatable bonds is 4. The van der Waals surface area contributed by atoms with Gasteiger partial charge in [-0.2, -0.15) is 0 Å². The molecule has 0 aromatic heterocycles. The number of benzene rings is 1. The van der Waals surface area contributed by atoms with Gasteiger partial charge in [0, 0.05) is 11.8 Å². The molecular weight excluding hydrogens is 490 g/mol. The van der Waals surface area contributed by atoms with Crippen LogP contribution in [0.3, 0.4) is 0 Å². The molecular formula is C33H45NO3S. The molecule has 4 saturated carbocycles. The number of carboxylic acids is 1. The Balaban J connectivity index is 1.26. The van der Waals surface area contributed by atoms with Crippen LogP contribution in [-0.4, -0.2) is 23.2 Å². The van der Waals surface area contributed by atoms with Gasteiger partial charge in [0.25, 0.3) is 5.91 Å². The SMILES string of the molecule is CSNC(=O)c1ccc(C2=CC[C@]3(C)C4CCC5C(CC[C@@]6(C(=O)O)CCCC56)C4CCC3C2(C)C)cc1. The van der Waals surface area contributed by atoms with Gasteiger partial charge >= 0.3 is 5.97 Å². The molecule has 0 heterocycles. The van der Waals surface area contributed by atoms with Crippen molar-refractivity contribution < 1.29 is 14.7 Å². The zero-order chi connectivity index (χ0) is 26.9. The highest BCUT2D eigenvalue weighted by Crippen LogP contribution is 2.69. The Morgan fingerprint density at radius 1 is 0.895 bits per heavy atom. The Kier molecular flexibility index (Phi) is 6.56. The van der Waals surface area contributed by atoms with E-state index in [1.54, 1.807) is 0 Å². The fourth-order valence-electron chi connectivity index (χ4n) is 11.0. The predicted molar refractivity (Wildman–Crippen MR) is 154 cm³/mol. The molecule has 4 nitrogen and oxygen atoms in total. The van der Waals surface area contributed by atoms with Gasteiger partial charge in [-0.05, 0) is 127 Å². The lowest BCUT2D eigenvalue weighted by atomic mass is 9.40. The summed E-state index contributed by atoms with van der Waals surface area (Å²) in [5, 5.41) is 10.2. The van der Waals surface area contributed by atoms with Crippen molar-refractivity contribution in [3.8, 4) is 0 Å². The fraction of sp³-hybridized carbons (Fsp3) is 0.697. The summed E-state index contributed by atoms with van der Waals surface area (Å²) in [5.41, 5.74) is 3.37. The number of carbonyl (C=O) groups is 2. The van der Waals surface area contributed by atoms with E-state index in [1.807, 2.05) is 18.4 Å². The highest BCUT2D eigenvalue weighted by atomic mass is 32.2. The summed E-state index contributed by atoms with van der Waals surface area (Å²) in [6.07, 6.45) is 15.9. The van der Waals surface area contributed by atoms with Crippen LogP contribution in [0.15, 0.2) is 30.3 Å². The van der Waals surface area contributed by atoms with E-state index in [-0.39, 0.29) is 11.3 Å². The largest absolute Gasteiger partial charge is 0.481 e. The van der Waals surface area contributed by atoms with E-state index >= 15 is 0 Å². The highest BCUT2D eigenvalue weighted by Gasteiger charge is 2.63. The Hall–Kier alpha value is -1.75. The lowest BCUT2D eigenvalue weighted by Crippen LogP contribution is -2.57. The van der Waals surface area contributed by atoms with E-state index in [4.69, 9.17) is 0 Å². The molecule has 0 saturated heterocycles. The number of aliphatic carboxylic acids is 1. The Morgan fingerprint density at radius 3 is 2.32 bits per heavy atom. The van der Waals surface area contributed by atoms with E-state index in [0.29, 0.717) is 28.7 Å². The van der Waals surface area contributed by atoms with Crippen LogP contribution in [0.25, 0.3) is 5.57 Å². The fourth-order valence-corrected chi connectivity index (χ4v) is 11.4. The number of hydrogen-bond donors (Lipinski definition) is 2. The summed E-state index contributed by atoms with van der Waals surface area (Å²) in [4.78, 5) is 24.7. The molecule has 4 fully saturated rings. The quantitative estimate of drug-likeness (QED) is 0.385. The maximum atomic E-state index is 12.4. The number of hydrogen-bond acceptors (Lipinski definition) is 3. The molecule has 206 valence electrons. The van der Waals surface area contributed by atoms with Gasteiger partial charge in [-0.25, -0.2) is 0 Å². The van der Waals surface area contributed by atoms with E-state index < -0.39 is 11.4 Å². The average Bonchev–Trinajstić information content (AvgIpc) is 3.35. The third kappa shape index (κ3) is 3.77. The predicted octanol–water partition coefficient (Wildman–Crippen LogP) is 7.85. The van der Waals surface area contributed by atoms with Crippen LogP contribution in [0.2, 0.25) is 0 Å². The van der Waals surface area contributed by atoms with Crippen LogP contribution in [0, 0.1) is 51.8 Å². The molecule has 5 aliphatic carbocycles. The molecule has 1 amide bonds. The Bertz CT molecular complexity index is 1140. The number of amides is 1. The summed E-state index contributed by atoms with van der Waals surface area (Å²) >= 11 is 1.33. The lowest BCUT2D eigenvalue weighted by Gasteiger charge is -2.64. The van der Waals surface area contributed by atoms with E-state index in [2.05, 4.69) is 43.7 Å². The van der Waals surface area contributed by atoms with Gasteiger partial charge in [-0.15, -0.1) is 0 Å². The van der Waals surface area contributed by atoms with Crippen molar-refractivity contribution in [2.75, 3.05) is 6.26 Å². The number of fused-ring (bicyclic) bond motifs is 7.